The number of hydrogen-bond donors (Lipinski definition) is 1. The average molecular weight is 248 g/mol. The van der Waals surface area contributed by atoms with Crippen LogP contribution < -0.4 is 5.32 Å². The summed E-state index contributed by atoms with van der Waals surface area (Å²) in [5.74, 6) is 0.700. The maximum absolute atomic E-state index is 13.2. The van der Waals surface area contributed by atoms with Crippen LogP contribution in [0.25, 0.3) is 0 Å². The number of likely N-dealkylation sites (tertiary alicyclic amines) is 1. The van der Waals surface area contributed by atoms with Crippen LogP contribution >= 0.6 is 0 Å². The van der Waals surface area contributed by atoms with Crippen LogP contribution in [0.2, 0.25) is 0 Å². The standard InChI is InChI=1S/C14H17FN2O/c1-9-13-7-16-6-11(13)8-17(9)14(18)10-3-2-4-12(15)5-10/h2-5,9,11,13,16H,6-8H2,1H3. The zero-order valence-corrected chi connectivity index (χ0v) is 10.4. The van der Waals surface area contributed by atoms with Crippen molar-refractivity contribution in [3.63, 3.8) is 0 Å². The molecule has 1 aromatic rings. The molecule has 1 N–H and O–H groups in total. The Hall–Kier alpha value is -1.42. The predicted molar refractivity (Wildman–Crippen MR) is 66.7 cm³/mol. The van der Waals surface area contributed by atoms with Crippen molar-refractivity contribution in [2.75, 3.05) is 19.6 Å². The Kier molecular flexibility index (Phi) is 2.82. The van der Waals surface area contributed by atoms with E-state index in [1.54, 1.807) is 12.1 Å². The lowest BCUT2D eigenvalue weighted by Gasteiger charge is -2.24. The van der Waals surface area contributed by atoms with Gasteiger partial charge in [-0.05, 0) is 37.0 Å². The molecule has 0 saturated carbocycles. The summed E-state index contributed by atoms with van der Waals surface area (Å²) in [6.45, 7) is 4.85. The van der Waals surface area contributed by atoms with E-state index in [1.165, 1.54) is 12.1 Å². The SMILES string of the molecule is CC1C2CNCC2CN1C(=O)c1cccc(F)c1. The van der Waals surface area contributed by atoms with Gasteiger partial charge >= 0.3 is 0 Å². The Morgan fingerprint density at radius 2 is 2.28 bits per heavy atom. The number of hydrogen-bond acceptors (Lipinski definition) is 2. The lowest BCUT2D eigenvalue weighted by molar-refractivity contribution is 0.0728. The summed E-state index contributed by atoms with van der Waals surface area (Å²) in [5.41, 5.74) is 0.454. The molecule has 2 fully saturated rings. The highest BCUT2D eigenvalue weighted by Crippen LogP contribution is 2.33. The van der Waals surface area contributed by atoms with Crippen LogP contribution in [-0.4, -0.2) is 36.5 Å². The van der Waals surface area contributed by atoms with Crippen molar-refractivity contribution < 1.29 is 9.18 Å². The first-order valence-electron chi connectivity index (χ1n) is 6.44. The Bertz CT molecular complexity index is 477. The minimum Gasteiger partial charge on any atom is -0.335 e. The number of halogens is 1. The van der Waals surface area contributed by atoms with E-state index in [9.17, 15) is 9.18 Å². The first-order chi connectivity index (χ1) is 8.66. The molecule has 1 amide bonds. The van der Waals surface area contributed by atoms with E-state index in [1.807, 2.05) is 4.90 Å². The van der Waals surface area contributed by atoms with Crippen molar-refractivity contribution in [2.45, 2.75) is 13.0 Å². The summed E-state index contributed by atoms with van der Waals surface area (Å²) in [5, 5.41) is 3.37. The van der Waals surface area contributed by atoms with Crippen LogP contribution in [0.3, 0.4) is 0 Å². The molecular formula is C14H17FN2O. The van der Waals surface area contributed by atoms with Gasteiger partial charge in [-0.15, -0.1) is 0 Å². The highest BCUT2D eigenvalue weighted by atomic mass is 19.1. The van der Waals surface area contributed by atoms with E-state index < -0.39 is 0 Å². The number of carbonyl (C=O) groups is 1. The van der Waals surface area contributed by atoms with Crippen LogP contribution in [0.4, 0.5) is 4.39 Å². The molecule has 2 aliphatic heterocycles. The molecular weight excluding hydrogens is 231 g/mol. The van der Waals surface area contributed by atoms with E-state index in [-0.39, 0.29) is 17.8 Å². The van der Waals surface area contributed by atoms with Gasteiger partial charge in [-0.25, -0.2) is 4.39 Å². The summed E-state index contributed by atoms with van der Waals surface area (Å²) < 4.78 is 13.2. The van der Waals surface area contributed by atoms with Crippen LogP contribution in [0.1, 0.15) is 17.3 Å². The molecule has 0 aromatic heterocycles. The summed E-state index contributed by atoms with van der Waals surface area (Å²) in [4.78, 5) is 14.3. The van der Waals surface area contributed by atoms with Gasteiger partial charge in [0.1, 0.15) is 5.82 Å². The quantitative estimate of drug-likeness (QED) is 0.817. The van der Waals surface area contributed by atoms with Crippen LogP contribution in [-0.2, 0) is 0 Å². The predicted octanol–water partition coefficient (Wildman–Crippen LogP) is 1.51. The summed E-state index contributed by atoms with van der Waals surface area (Å²) in [7, 11) is 0. The van der Waals surface area contributed by atoms with Gasteiger partial charge in [-0.3, -0.25) is 4.79 Å². The molecule has 18 heavy (non-hydrogen) atoms. The molecule has 2 heterocycles. The summed E-state index contributed by atoms with van der Waals surface area (Å²) >= 11 is 0. The van der Waals surface area contributed by atoms with Crippen molar-refractivity contribution in [3.05, 3.63) is 35.6 Å². The van der Waals surface area contributed by atoms with E-state index in [4.69, 9.17) is 0 Å². The van der Waals surface area contributed by atoms with Crippen LogP contribution in [0.15, 0.2) is 24.3 Å². The average Bonchev–Trinajstić information content (AvgIpc) is 2.92. The number of rotatable bonds is 1. The second-order valence-electron chi connectivity index (χ2n) is 5.29. The molecule has 0 aliphatic carbocycles. The molecule has 3 unspecified atom stereocenters. The fourth-order valence-electron chi connectivity index (χ4n) is 3.22. The Labute approximate surface area is 106 Å². The number of nitrogens with one attached hydrogen (secondary N) is 1. The third-order valence-corrected chi connectivity index (χ3v) is 4.27. The molecule has 2 aliphatic rings. The fourth-order valence-corrected chi connectivity index (χ4v) is 3.22. The summed E-state index contributed by atoms with van der Waals surface area (Å²) in [6.07, 6.45) is 0. The van der Waals surface area contributed by atoms with Crippen LogP contribution in [0, 0.1) is 17.7 Å². The molecule has 4 heteroatoms. The fraction of sp³-hybridized carbons (Fsp3) is 0.500. The van der Waals surface area contributed by atoms with Gasteiger partial charge in [0.15, 0.2) is 0 Å². The van der Waals surface area contributed by atoms with Crippen LogP contribution in [0.5, 0.6) is 0 Å². The molecule has 96 valence electrons. The lowest BCUT2D eigenvalue weighted by atomic mass is 9.95. The molecule has 0 radical (unpaired) electrons. The van der Waals surface area contributed by atoms with Gasteiger partial charge in [0.05, 0.1) is 0 Å². The van der Waals surface area contributed by atoms with E-state index in [0.29, 0.717) is 17.4 Å². The van der Waals surface area contributed by atoms with E-state index >= 15 is 0 Å². The number of carbonyl (C=O) groups excluding carboxylic acids is 1. The van der Waals surface area contributed by atoms with Gasteiger partial charge in [0, 0.05) is 31.2 Å². The van der Waals surface area contributed by atoms with Gasteiger partial charge in [0.25, 0.3) is 5.91 Å². The monoisotopic (exact) mass is 248 g/mol. The summed E-state index contributed by atoms with van der Waals surface area (Å²) in [6, 6.07) is 6.20. The van der Waals surface area contributed by atoms with Crippen molar-refractivity contribution in [1.29, 1.82) is 0 Å². The maximum Gasteiger partial charge on any atom is 0.254 e. The molecule has 3 atom stereocenters. The first-order valence-corrected chi connectivity index (χ1v) is 6.44. The van der Waals surface area contributed by atoms with Crippen molar-refractivity contribution in [3.8, 4) is 0 Å². The molecule has 2 saturated heterocycles. The minimum atomic E-state index is -0.352. The Morgan fingerprint density at radius 1 is 1.44 bits per heavy atom. The van der Waals surface area contributed by atoms with Crippen molar-refractivity contribution in [2.24, 2.45) is 11.8 Å². The zero-order valence-electron chi connectivity index (χ0n) is 10.4. The van der Waals surface area contributed by atoms with E-state index in [2.05, 4.69) is 12.2 Å². The third-order valence-electron chi connectivity index (χ3n) is 4.27. The zero-order chi connectivity index (χ0) is 12.7. The third kappa shape index (κ3) is 1.81. The molecule has 0 spiro atoms. The topological polar surface area (TPSA) is 32.3 Å². The largest absolute Gasteiger partial charge is 0.335 e. The van der Waals surface area contributed by atoms with Gasteiger partial charge < -0.3 is 10.2 Å². The molecule has 1 aromatic carbocycles. The Balaban J connectivity index is 1.81. The molecule has 0 bridgehead atoms. The maximum atomic E-state index is 13.2. The number of fused-ring (bicyclic) bond motifs is 1. The molecule has 3 nitrogen and oxygen atoms in total. The number of benzene rings is 1. The number of nitrogens with zero attached hydrogens (tertiary/aromatic N) is 1. The first kappa shape index (κ1) is 11.7. The number of amides is 1. The Morgan fingerprint density at radius 3 is 3.00 bits per heavy atom. The second kappa shape index (κ2) is 4.35. The smallest absolute Gasteiger partial charge is 0.254 e. The highest BCUT2D eigenvalue weighted by molar-refractivity contribution is 5.94. The van der Waals surface area contributed by atoms with Crippen molar-refractivity contribution in [1.82, 2.24) is 10.2 Å². The minimum absolute atomic E-state index is 0.0450. The molecule has 3 rings (SSSR count). The normalized spacial score (nSPS) is 30.6. The van der Waals surface area contributed by atoms with Gasteiger partial charge in [-0.2, -0.15) is 0 Å². The lowest BCUT2D eigenvalue weighted by Crippen LogP contribution is -2.38. The van der Waals surface area contributed by atoms with Gasteiger partial charge in [-0.1, -0.05) is 6.07 Å². The highest BCUT2D eigenvalue weighted by Gasteiger charge is 2.43. The van der Waals surface area contributed by atoms with Crippen molar-refractivity contribution >= 4 is 5.91 Å². The second-order valence-corrected chi connectivity index (χ2v) is 5.29. The van der Waals surface area contributed by atoms with Gasteiger partial charge in [0.2, 0.25) is 0 Å². The van der Waals surface area contributed by atoms with E-state index in [0.717, 1.165) is 19.6 Å².